The molecule has 2 N–H and O–H groups in total. The second-order valence-electron chi connectivity index (χ2n) is 6.92. The van der Waals surface area contributed by atoms with Crippen LogP contribution in [0.2, 0.25) is 0 Å². The third-order valence-corrected chi connectivity index (χ3v) is 4.42. The Hall–Kier alpha value is -1.14. The van der Waals surface area contributed by atoms with E-state index >= 15 is 0 Å². The summed E-state index contributed by atoms with van der Waals surface area (Å²) in [4.78, 5) is 12.1. The van der Waals surface area contributed by atoms with Crippen LogP contribution in [0.5, 0.6) is 0 Å². The maximum atomic E-state index is 12.1. The molecule has 138 valence electrons. The van der Waals surface area contributed by atoms with E-state index in [1.54, 1.807) is 6.20 Å². The van der Waals surface area contributed by atoms with Crippen molar-refractivity contribution < 1.29 is 4.79 Å². The van der Waals surface area contributed by atoms with Gasteiger partial charge in [-0.05, 0) is 38.3 Å². The van der Waals surface area contributed by atoms with E-state index in [2.05, 4.69) is 34.8 Å². The SMILES string of the molecule is CC(C)CCCCCCNC(=O)c1cn(C2CCNCC2)nn1.Cl. The molecule has 2 heterocycles. The first-order valence-electron chi connectivity index (χ1n) is 9.07. The van der Waals surface area contributed by atoms with E-state index in [1.807, 2.05) is 4.68 Å². The molecule has 0 radical (unpaired) electrons. The predicted octanol–water partition coefficient (Wildman–Crippen LogP) is 2.96. The van der Waals surface area contributed by atoms with Crippen LogP contribution in [0.1, 0.15) is 75.3 Å². The van der Waals surface area contributed by atoms with E-state index in [4.69, 9.17) is 0 Å². The van der Waals surface area contributed by atoms with E-state index in [9.17, 15) is 4.79 Å². The van der Waals surface area contributed by atoms with Gasteiger partial charge in [0.2, 0.25) is 0 Å². The Morgan fingerprint density at radius 1 is 1.29 bits per heavy atom. The van der Waals surface area contributed by atoms with E-state index < -0.39 is 0 Å². The van der Waals surface area contributed by atoms with Gasteiger partial charge < -0.3 is 10.6 Å². The van der Waals surface area contributed by atoms with E-state index in [0.29, 0.717) is 11.7 Å². The van der Waals surface area contributed by atoms with Crippen LogP contribution in [-0.4, -0.2) is 40.5 Å². The van der Waals surface area contributed by atoms with Crippen LogP contribution in [0, 0.1) is 5.92 Å². The largest absolute Gasteiger partial charge is 0.351 e. The average molecular weight is 358 g/mol. The van der Waals surface area contributed by atoms with Crippen molar-refractivity contribution in [3.05, 3.63) is 11.9 Å². The second kappa shape index (κ2) is 11.4. The van der Waals surface area contributed by atoms with Crippen molar-refractivity contribution in [3.8, 4) is 0 Å². The molecule has 1 aromatic heterocycles. The molecule has 1 aromatic rings. The van der Waals surface area contributed by atoms with Gasteiger partial charge >= 0.3 is 0 Å². The topological polar surface area (TPSA) is 71.8 Å². The Labute approximate surface area is 151 Å². The zero-order chi connectivity index (χ0) is 16.5. The van der Waals surface area contributed by atoms with Crippen molar-refractivity contribution in [3.63, 3.8) is 0 Å². The highest BCUT2D eigenvalue weighted by Gasteiger charge is 2.18. The van der Waals surface area contributed by atoms with Crippen molar-refractivity contribution in [1.29, 1.82) is 0 Å². The normalized spacial score (nSPS) is 15.3. The zero-order valence-corrected chi connectivity index (χ0v) is 15.8. The molecule has 0 atom stereocenters. The monoisotopic (exact) mass is 357 g/mol. The first-order valence-corrected chi connectivity index (χ1v) is 9.07. The van der Waals surface area contributed by atoms with Gasteiger partial charge in [0.1, 0.15) is 0 Å². The number of rotatable bonds is 9. The number of piperidine rings is 1. The molecule has 7 heteroatoms. The summed E-state index contributed by atoms with van der Waals surface area (Å²) in [5, 5.41) is 14.4. The van der Waals surface area contributed by atoms with Crippen molar-refractivity contribution in [2.24, 2.45) is 5.92 Å². The van der Waals surface area contributed by atoms with Gasteiger partial charge in [0.15, 0.2) is 5.69 Å². The Morgan fingerprint density at radius 3 is 2.71 bits per heavy atom. The fourth-order valence-corrected chi connectivity index (χ4v) is 2.95. The number of nitrogens with one attached hydrogen (secondary N) is 2. The number of nitrogens with zero attached hydrogens (tertiary/aromatic N) is 3. The Kier molecular flexibility index (Phi) is 9.95. The van der Waals surface area contributed by atoms with Gasteiger partial charge in [0.25, 0.3) is 5.91 Å². The fourth-order valence-electron chi connectivity index (χ4n) is 2.95. The van der Waals surface area contributed by atoms with Crippen LogP contribution < -0.4 is 10.6 Å². The summed E-state index contributed by atoms with van der Waals surface area (Å²) in [6.45, 7) is 7.25. The maximum absolute atomic E-state index is 12.1. The van der Waals surface area contributed by atoms with Crippen molar-refractivity contribution >= 4 is 18.3 Å². The quantitative estimate of drug-likeness (QED) is 0.666. The minimum absolute atomic E-state index is 0. The molecule has 1 fully saturated rings. The minimum Gasteiger partial charge on any atom is -0.351 e. The minimum atomic E-state index is -0.104. The standard InChI is InChI=1S/C17H31N5O.ClH/c1-14(2)7-5-3-4-6-10-19-17(23)16-13-22(21-20-16)15-8-11-18-12-9-15;/h13-15,18H,3-12H2,1-2H3,(H,19,23);1H. The molecule has 0 unspecified atom stereocenters. The van der Waals surface area contributed by atoms with Crippen molar-refractivity contribution in [2.45, 2.75) is 64.8 Å². The van der Waals surface area contributed by atoms with Gasteiger partial charge in [-0.3, -0.25) is 4.79 Å². The highest BCUT2D eigenvalue weighted by molar-refractivity contribution is 5.91. The highest BCUT2D eigenvalue weighted by atomic mass is 35.5. The molecular formula is C17H32ClN5O. The summed E-state index contributed by atoms with van der Waals surface area (Å²) in [6, 6.07) is 0.367. The number of unbranched alkanes of at least 4 members (excludes halogenated alkanes) is 3. The third-order valence-electron chi connectivity index (χ3n) is 4.42. The Morgan fingerprint density at radius 2 is 2.00 bits per heavy atom. The molecule has 1 aliphatic heterocycles. The maximum Gasteiger partial charge on any atom is 0.273 e. The summed E-state index contributed by atoms with van der Waals surface area (Å²) in [6.07, 6.45) is 9.92. The number of halogens is 1. The summed E-state index contributed by atoms with van der Waals surface area (Å²) in [7, 11) is 0. The van der Waals surface area contributed by atoms with Gasteiger partial charge in [-0.1, -0.05) is 44.7 Å². The van der Waals surface area contributed by atoms with Gasteiger partial charge in [-0.25, -0.2) is 4.68 Å². The summed E-state index contributed by atoms with van der Waals surface area (Å²) in [5.74, 6) is 0.685. The van der Waals surface area contributed by atoms with Gasteiger partial charge in [-0.15, -0.1) is 17.5 Å². The molecule has 2 rings (SSSR count). The van der Waals surface area contributed by atoms with Crippen LogP contribution >= 0.6 is 12.4 Å². The molecule has 0 spiro atoms. The Bertz CT molecular complexity index is 471. The zero-order valence-electron chi connectivity index (χ0n) is 15.0. The lowest BCUT2D eigenvalue weighted by molar-refractivity contribution is 0.0948. The van der Waals surface area contributed by atoms with E-state index in [-0.39, 0.29) is 18.3 Å². The van der Waals surface area contributed by atoms with Gasteiger partial charge in [0.05, 0.1) is 12.2 Å². The number of carbonyl (C=O) groups is 1. The smallest absolute Gasteiger partial charge is 0.273 e. The molecule has 24 heavy (non-hydrogen) atoms. The number of hydrogen-bond acceptors (Lipinski definition) is 4. The number of hydrogen-bond donors (Lipinski definition) is 2. The molecule has 6 nitrogen and oxygen atoms in total. The van der Waals surface area contributed by atoms with Crippen LogP contribution in [0.15, 0.2) is 6.20 Å². The fraction of sp³-hybridized carbons (Fsp3) is 0.824. The van der Waals surface area contributed by atoms with Crippen LogP contribution in [-0.2, 0) is 0 Å². The highest BCUT2D eigenvalue weighted by Crippen LogP contribution is 2.17. The first kappa shape index (κ1) is 20.9. The molecule has 1 aliphatic rings. The summed E-state index contributed by atoms with van der Waals surface area (Å²) >= 11 is 0. The third kappa shape index (κ3) is 7.18. The van der Waals surface area contributed by atoms with Crippen molar-refractivity contribution in [2.75, 3.05) is 19.6 Å². The lowest BCUT2D eigenvalue weighted by atomic mass is 10.0. The summed E-state index contributed by atoms with van der Waals surface area (Å²) < 4.78 is 1.85. The molecule has 0 saturated carbocycles. The molecule has 0 aromatic carbocycles. The van der Waals surface area contributed by atoms with E-state index in [0.717, 1.165) is 44.8 Å². The molecular weight excluding hydrogens is 326 g/mol. The molecule has 0 bridgehead atoms. The summed E-state index contributed by atoms with van der Waals surface area (Å²) in [5.41, 5.74) is 0.434. The van der Waals surface area contributed by atoms with Gasteiger partial charge in [-0.2, -0.15) is 0 Å². The number of amides is 1. The van der Waals surface area contributed by atoms with Gasteiger partial charge in [0, 0.05) is 6.54 Å². The average Bonchev–Trinajstić information content (AvgIpc) is 3.04. The first-order chi connectivity index (χ1) is 11.2. The molecule has 1 saturated heterocycles. The molecule has 1 amide bonds. The molecule has 0 aliphatic carbocycles. The predicted molar refractivity (Wildman–Crippen MR) is 98.7 cm³/mol. The van der Waals surface area contributed by atoms with E-state index in [1.165, 1.54) is 25.7 Å². The lowest BCUT2D eigenvalue weighted by Crippen LogP contribution is -2.29. The lowest BCUT2D eigenvalue weighted by Gasteiger charge is -2.22. The van der Waals surface area contributed by atoms with Crippen molar-refractivity contribution in [1.82, 2.24) is 25.6 Å². The number of carbonyl (C=O) groups excluding carboxylic acids is 1. The van der Waals surface area contributed by atoms with Crippen LogP contribution in [0.3, 0.4) is 0 Å². The number of aromatic nitrogens is 3. The Balaban J connectivity index is 0.00000288. The second-order valence-corrected chi connectivity index (χ2v) is 6.92. The van der Waals surface area contributed by atoms with Crippen LogP contribution in [0.25, 0.3) is 0 Å². The van der Waals surface area contributed by atoms with Crippen LogP contribution in [0.4, 0.5) is 0 Å².